The lowest BCUT2D eigenvalue weighted by atomic mass is 9.88. The van der Waals surface area contributed by atoms with Gasteiger partial charge in [-0.05, 0) is 45.7 Å². The summed E-state index contributed by atoms with van der Waals surface area (Å²) in [7, 11) is 0. The zero-order valence-corrected chi connectivity index (χ0v) is 11.4. The van der Waals surface area contributed by atoms with E-state index in [-0.39, 0.29) is 0 Å². The second kappa shape index (κ2) is 4.35. The third kappa shape index (κ3) is 1.88. The molecular formula is C14H23N3O. The highest BCUT2D eigenvalue weighted by Crippen LogP contribution is 2.38. The SMILES string of the molecule is CCn1nc(C)cc1CC1(O)CCN2CCCC21. The Kier molecular flexibility index (Phi) is 2.94. The lowest BCUT2D eigenvalue weighted by Crippen LogP contribution is -2.43. The van der Waals surface area contributed by atoms with Crippen LogP contribution in [0.4, 0.5) is 0 Å². The number of nitrogens with zero attached hydrogens (tertiary/aromatic N) is 3. The van der Waals surface area contributed by atoms with Crippen LogP contribution in [0.3, 0.4) is 0 Å². The number of hydrogen-bond acceptors (Lipinski definition) is 3. The molecule has 0 radical (unpaired) electrons. The number of rotatable bonds is 3. The summed E-state index contributed by atoms with van der Waals surface area (Å²) in [4.78, 5) is 2.46. The van der Waals surface area contributed by atoms with Crippen LogP contribution in [0.5, 0.6) is 0 Å². The zero-order valence-electron chi connectivity index (χ0n) is 11.4. The monoisotopic (exact) mass is 249 g/mol. The van der Waals surface area contributed by atoms with Crippen molar-refractivity contribution in [3.05, 3.63) is 17.5 Å². The molecule has 0 bridgehead atoms. The maximum absolute atomic E-state index is 11.0. The second-order valence-electron chi connectivity index (χ2n) is 5.82. The molecule has 0 amide bonds. The van der Waals surface area contributed by atoms with Gasteiger partial charge < -0.3 is 5.11 Å². The van der Waals surface area contributed by atoms with Crippen molar-refractivity contribution in [2.24, 2.45) is 0 Å². The standard InChI is InChI=1S/C14H23N3O/c1-3-17-12(9-11(2)15-17)10-14(18)6-8-16-7-4-5-13(14)16/h9,13,18H,3-8,10H2,1-2H3. The summed E-state index contributed by atoms with van der Waals surface area (Å²) in [6.45, 7) is 7.24. The Morgan fingerprint density at radius 1 is 1.50 bits per heavy atom. The van der Waals surface area contributed by atoms with Crippen LogP contribution in [0.2, 0.25) is 0 Å². The molecule has 4 nitrogen and oxygen atoms in total. The Bertz CT molecular complexity index is 442. The lowest BCUT2D eigenvalue weighted by molar-refractivity contribution is 0.0123. The van der Waals surface area contributed by atoms with Crippen molar-refractivity contribution in [3.8, 4) is 0 Å². The van der Waals surface area contributed by atoms with Crippen molar-refractivity contribution < 1.29 is 5.11 Å². The molecule has 3 rings (SSSR count). The van der Waals surface area contributed by atoms with Gasteiger partial charge in [-0.25, -0.2) is 0 Å². The first-order chi connectivity index (χ1) is 8.62. The summed E-state index contributed by atoms with van der Waals surface area (Å²) >= 11 is 0. The van der Waals surface area contributed by atoms with Crippen LogP contribution in [-0.2, 0) is 13.0 Å². The van der Waals surface area contributed by atoms with E-state index < -0.39 is 5.60 Å². The molecule has 0 saturated carbocycles. The van der Waals surface area contributed by atoms with Gasteiger partial charge in [-0.2, -0.15) is 5.10 Å². The number of aryl methyl sites for hydroxylation is 2. The molecule has 100 valence electrons. The van der Waals surface area contributed by atoms with Gasteiger partial charge in [-0.15, -0.1) is 0 Å². The molecule has 0 spiro atoms. The van der Waals surface area contributed by atoms with E-state index in [1.54, 1.807) is 0 Å². The number of aliphatic hydroxyl groups is 1. The molecule has 18 heavy (non-hydrogen) atoms. The number of aromatic nitrogens is 2. The predicted octanol–water partition coefficient (Wildman–Crippen LogP) is 1.35. The van der Waals surface area contributed by atoms with Crippen molar-refractivity contribution in [1.29, 1.82) is 0 Å². The topological polar surface area (TPSA) is 41.3 Å². The smallest absolute Gasteiger partial charge is 0.0869 e. The van der Waals surface area contributed by atoms with Gasteiger partial charge in [0.15, 0.2) is 0 Å². The highest BCUT2D eigenvalue weighted by molar-refractivity contribution is 5.15. The average molecular weight is 249 g/mol. The minimum absolute atomic E-state index is 0.373. The summed E-state index contributed by atoms with van der Waals surface area (Å²) < 4.78 is 2.03. The van der Waals surface area contributed by atoms with Crippen LogP contribution < -0.4 is 0 Å². The summed E-state index contributed by atoms with van der Waals surface area (Å²) in [5.41, 5.74) is 1.71. The third-order valence-electron chi connectivity index (χ3n) is 4.59. The molecule has 3 heterocycles. The molecule has 1 aromatic heterocycles. The highest BCUT2D eigenvalue weighted by Gasteiger charge is 2.48. The largest absolute Gasteiger partial charge is 0.388 e. The molecule has 2 atom stereocenters. The van der Waals surface area contributed by atoms with E-state index in [1.165, 1.54) is 18.7 Å². The van der Waals surface area contributed by atoms with Crippen LogP contribution in [-0.4, -0.2) is 44.5 Å². The van der Waals surface area contributed by atoms with E-state index in [2.05, 4.69) is 23.0 Å². The molecule has 2 aliphatic heterocycles. The number of hydrogen-bond donors (Lipinski definition) is 1. The molecule has 2 aliphatic rings. The van der Waals surface area contributed by atoms with Crippen molar-refractivity contribution in [1.82, 2.24) is 14.7 Å². The van der Waals surface area contributed by atoms with Crippen LogP contribution in [0.25, 0.3) is 0 Å². The molecule has 0 aliphatic carbocycles. The first-order valence-electron chi connectivity index (χ1n) is 7.12. The molecule has 1 aromatic rings. The van der Waals surface area contributed by atoms with Gasteiger partial charge in [0.2, 0.25) is 0 Å². The second-order valence-corrected chi connectivity index (χ2v) is 5.82. The average Bonchev–Trinajstić information content (AvgIpc) is 2.98. The minimum Gasteiger partial charge on any atom is -0.388 e. The molecule has 0 aromatic carbocycles. The van der Waals surface area contributed by atoms with Gasteiger partial charge in [0, 0.05) is 31.2 Å². The van der Waals surface area contributed by atoms with Gasteiger partial charge in [0.1, 0.15) is 0 Å². The molecule has 4 heteroatoms. The van der Waals surface area contributed by atoms with E-state index in [0.29, 0.717) is 6.04 Å². The molecule has 2 fully saturated rings. The lowest BCUT2D eigenvalue weighted by Gasteiger charge is -2.30. The fraction of sp³-hybridized carbons (Fsp3) is 0.786. The van der Waals surface area contributed by atoms with E-state index in [9.17, 15) is 5.11 Å². The Labute approximate surface area is 109 Å². The van der Waals surface area contributed by atoms with Gasteiger partial charge in [0.25, 0.3) is 0 Å². The van der Waals surface area contributed by atoms with Gasteiger partial charge >= 0.3 is 0 Å². The summed E-state index contributed by atoms with van der Waals surface area (Å²) in [6.07, 6.45) is 4.04. The minimum atomic E-state index is -0.532. The normalized spacial score (nSPS) is 32.1. The summed E-state index contributed by atoms with van der Waals surface area (Å²) in [6, 6.07) is 2.50. The van der Waals surface area contributed by atoms with Crippen molar-refractivity contribution in [3.63, 3.8) is 0 Å². The van der Waals surface area contributed by atoms with Gasteiger partial charge in [0.05, 0.1) is 11.3 Å². The third-order valence-corrected chi connectivity index (χ3v) is 4.59. The van der Waals surface area contributed by atoms with Crippen molar-refractivity contribution in [2.75, 3.05) is 13.1 Å². The van der Waals surface area contributed by atoms with Gasteiger partial charge in [-0.3, -0.25) is 9.58 Å². The first kappa shape index (κ1) is 12.2. The van der Waals surface area contributed by atoms with E-state index in [4.69, 9.17) is 0 Å². The Morgan fingerprint density at radius 3 is 3.11 bits per heavy atom. The maximum atomic E-state index is 11.0. The zero-order chi connectivity index (χ0) is 12.8. The van der Waals surface area contributed by atoms with Crippen LogP contribution in [0.1, 0.15) is 37.6 Å². The van der Waals surface area contributed by atoms with E-state index in [1.807, 2.05) is 11.6 Å². The van der Waals surface area contributed by atoms with Crippen LogP contribution in [0, 0.1) is 6.92 Å². The van der Waals surface area contributed by atoms with Crippen LogP contribution in [0.15, 0.2) is 6.07 Å². The van der Waals surface area contributed by atoms with E-state index in [0.717, 1.165) is 38.0 Å². The van der Waals surface area contributed by atoms with Crippen molar-refractivity contribution in [2.45, 2.75) is 57.7 Å². The van der Waals surface area contributed by atoms with E-state index >= 15 is 0 Å². The predicted molar refractivity (Wildman–Crippen MR) is 70.5 cm³/mol. The van der Waals surface area contributed by atoms with Crippen LogP contribution >= 0.6 is 0 Å². The maximum Gasteiger partial charge on any atom is 0.0869 e. The highest BCUT2D eigenvalue weighted by atomic mass is 16.3. The Balaban J connectivity index is 1.82. The fourth-order valence-electron chi connectivity index (χ4n) is 3.74. The number of fused-ring (bicyclic) bond motifs is 1. The Morgan fingerprint density at radius 2 is 2.33 bits per heavy atom. The molecule has 2 unspecified atom stereocenters. The molecule has 2 saturated heterocycles. The fourth-order valence-corrected chi connectivity index (χ4v) is 3.74. The first-order valence-corrected chi connectivity index (χ1v) is 7.12. The van der Waals surface area contributed by atoms with Gasteiger partial charge in [-0.1, -0.05) is 0 Å². The summed E-state index contributed by atoms with van der Waals surface area (Å²) in [5, 5.41) is 15.4. The molecular weight excluding hydrogens is 226 g/mol. The summed E-state index contributed by atoms with van der Waals surface area (Å²) in [5.74, 6) is 0. The van der Waals surface area contributed by atoms with Crippen molar-refractivity contribution >= 4 is 0 Å². The quantitative estimate of drug-likeness (QED) is 0.879. The molecule has 1 N–H and O–H groups in total. The Hall–Kier alpha value is -0.870.